The fourth-order valence-electron chi connectivity index (χ4n) is 2.15. The zero-order valence-corrected chi connectivity index (χ0v) is 8.81. The Morgan fingerprint density at radius 3 is 2.88 bits per heavy atom. The van der Waals surface area contributed by atoms with E-state index >= 15 is 0 Å². The van der Waals surface area contributed by atoms with Crippen molar-refractivity contribution in [1.82, 2.24) is 0 Å². The highest BCUT2D eigenvalue weighted by Gasteiger charge is 2.23. The Balaban J connectivity index is 2.33. The van der Waals surface area contributed by atoms with Crippen LogP contribution in [0.15, 0.2) is 48.7 Å². The van der Waals surface area contributed by atoms with Crippen molar-refractivity contribution in [2.24, 2.45) is 0 Å². The Morgan fingerprint density at radius 1 is 1.19 bits per heavy atom. The topological polar surface area (TPSA) is 29.5 Å². The molecule has 0 aliphatic carbocycles. The predicted molar refractivity (Wildman–Crippen MR) is 63.3 cm³/mol. The Labute approximate surface area is 93.8 Å². The van der Waals surface area contributed by atoms with Crippen LogP contribution in [0.5, 0.6) is 5.75 Å². The first kappa shape index (κ1) is 9.43. The van der Waals surface area contributed by atoms with E-state index in [9.17, 15) is 5.11 Å². The molecule has 1 aliphatic rings. The molecule has 2 aromatic carbocycles. The van der Waals surface area contributed by atoms with E-state index in [4.69, 9.17) is 4.74 Å². The van der Waals surface area contributed by atoms with Crippen LogP contribution >= 0.6 is 0 Å². The standard InChI is InChI=1S/C14H12O2/c1-9-8-13(15)12-7-6-10-4-2-3-5-11(10)14(12)16-9/h2-7,13,15H,1,8H2. The summed E-state index contributed by atoms with van der Waals surface area (Å²) in [4.78, 5) is 0. The second kappa shape index (κ2) is 3.35. The maximum Gasteiger partial charge on any atom is 0.140 e. The molecule has 1 atom stereocenters. The minimum atomic E-state index is -0.499. The van der Waals surface area contributed by atoms with Crippen LogP contribution in [0.1, 0.15) is 18.1 Å². The van der Waals surface area contributed by atoms with E-state index in [0.29, 0.717) is 12.2 Å². The fraction of sp³-hybridized carbons (Fsp3) is 0.143. The molecule has 0 aromatic heterocycles. The van der Waals surface area contributed by atoms with Crippen molar-refractivity contribution in [1.29, 1.82) is 0 Å². The summed E-state index contributed by atoms with van der Waals surface area (Å²) in [6.45, 7) is 3.79. The molecule has 2 aromatic rings. The number of ether oxygens (including phenoxy) is 1. The third-order valence-electron chi connectivity index (χ3n) is 2.94. The van der Waals surface area contributed by atoms with Crippen LogP contribution < -0.4 is 4.74 Å². The first-order chi connectivity index (χ1) is 7.75. The highest BCUT2D eigenvalue weighted by Crippen LogP contribution is 2.40. The van der Waals surface area contributed by atoms with Gasteiger partial charge in [0, 0.05) is 17.4 Å². The van der Waals surface area contributed by atoms with Crippen molar-refractivity contribution >= 4 is 10.8 Å². The first-order valence-electron chi connectivity index (χ1n) is 5.31. The van der Waals surface area contributed by atoms with Gasteiger partial charge in [-0.2, -0.15) is 0 Å². The summed E-state index contributed by atoms with van der Waals surface area (Å²) >= 11 is 0. The van der Waals surface area contributed by atoms with Gasteiger partial charge in [0.25, 0.3) is 0 Å². The van der Waals surface area contributed by atoms with Gasteiger partial charge in [0.15, 0.2) is 0 Å². The van der Waals surface area contributed by atoms with E-state index < -0.39 is 6.10 Å². The summed E-state index contributed by atoms with van der Waals surface area (Å²) < 4.78 is 5.66. The maximum absolute atomic E-state index is 9.95. The van der Waals surface area contributed by atoms with Crippen LogP contribution in [0.4, 0.5) is 0 Å². The van der Waals surface area contributed by atoms with E-state index in [2.05, 4.69) is 6.58 Å². The van der Waals surface area contributed by atoms with E-state index in [0.717, 1.165) is 22.1 Å². The quantitative estimate of drug-likeness (QED) is 0.726. The molecule has 2 heteroatoms. The molecule has 2 nitrogen and oxygen atoms in total. The van der Waals surface area contributed by atoms with Gasteiger partial charge in [-0.05, 0) is 5.39 Å². The lowest BCUT2D eigenvalue weighted by molar-refractivity contribution is 0.145. The molecule has 1 unspecified atom stereocenters. The molecule has 0 bridgehead atoms. The van der Waals surface area contributed by atoms with Crippen LogP contribution in [0.3, 0.4) is 0 Å². The number of aliphatic hydroxyl groups is 1. The lowest BCUT2D eigenvalue weighted by Crippen LogP contribution is -2.11. The number of fused-ring (bicyclic) bond motifs is 3. The lowest BCUT2D eigenvalue weighted by atomic mass is 9.97. The molecule has 16 heavy (non-hydrogen) atoms. The Morgan fingerprint density at radius 2 is 2.00 bits per heavy atom. The third kappa shape index (κ3) is 1.31. The number of hydrogen-bond acceptors (Lipinski definition) is 2. The highest BCUT2D eigenvalue weighted by molar-refractivity contribution is 5.90. The van der Waals surface area contributed by atoms with Crippen LogP contribution in [-0.4, -0.2) is 5.11 Å². The normalized spacial score (nSPS) is 19.3. The Kier molecular flexibility index (Phi) is 1.98. The molecule has 3 rings (SSSR count). The highest BCUT2D eigenvalue weighted by atomic mass is 16.5. The van der Waals surface area contributed by atoms with Crippen LogP contribution in [0.25, 0.3) is 10.8 Å². The van der Waals surface area contributed by atoms with Crippen molar-refractivity contribution in [3.05, 3.63) is 54.3 Å². The van der Waals surface area contributed by atoms with Gasteiger partial charge in [0.2, 0.25) is 0 Å². The largest absolute Gasteiger partial charge is 0.461 e. The van der Waals surface area contributed by atoms with Gasteiger partial charge < -0.3 is 9.84 Å². The summed E-state index contributed by atoms with van der Waals surface area (Å²) in [6.07, 6.45) is -0.0217. The van der Waals surface area contributed by atoms with Crippen LogP contribution in [-0.2, 0) is 0 Å². The van der Waals surface area contributed by atoms with Crippen LogP contribution in [0, 0.1) is 0 Å². The Bertz CT molecular complexity index is 572. The van der Waals surface area contributed by atoms with Gasteiger partial charge in [0.05, 0.1) is 11.9 Å². The van der Waals surface area contributed by atoms with E-state index in [1.54, 1.807) is 0 Å². The minimum absolute atomic E-state index is 0.478. The predicted octanol–water partition coefficient (Wildman–Crippen LogP) is 3.17. The van der Waals surface area contributed by atoms with Crippen molar-refractivity contribution in [2.45, 2.75) is 12.5 Å². The van der Waals surface area contributed by atoms with Gasteiger partial charge in [-0.3, -0.25) is 0 Å². The molecular formula is C14H12O2. The molecule has 0 saturated carbocycles. The second-order valence-corrected chi connectivity index (χ2v) is 4.07. The third-order valence-corrected chi connectivity index (χ3v) is 2.94. The van der Waals surface area contributed by atoms with Crippen molar-refractivity contribution in [3.8, 4) is 5.75 Å². The number of rotatable bonds is 0. The van der Waals surface area contributed by atoms with Gasteiger partial charge in [-0.1, -0.05) is 43.0 Å². The zero-order chi connectivity index (χ0) is 11.1. The number of hydrogen-bond donors (Lipinski definition) is 1. The number of aliphatic hydroxyl groups excluding tert-OH is 1. The minimum Gasteiger partial charge on any atom is -0.461 e. The molecule has 0 fully saturated rings. The van der Waals surface area contributed by atoms with Gasteiger partial charge in [0.1, 0.15) is 5.75 Å². The number of benzene rings is 2. The maximum atomic E-state index is 9.95. The SMILES string of the molecule is C=C1CC(O)c2ccc3ccccc3c2O1. The molecule has 1 heterocycles. The van der Waals surface area contributed by atoms with E-state index in [1.807, 2.05) is 36.4 Å². The van der Waals surface area contributed by atoms with Gasteiger partial charge >= 0.3 is 0 Å². The fourth-order valence-corrected chi connectivity index (χ4v) is 2.15. The summed E-state index contributed by atoms with van der Waals surface area (Å²) in [7, 11) is 0. The lowest BCUT2D eigenvalue weighted by Gasteiger charge is -2.24. The molecule has 0 radical (unpaired) electrons. The van der Waals surface area contributed by atoms with Gasteiger partial charge in [-0.25, -0.2) is 0 Å². The zero-order valence-electron chi connectivity index (χ0n) is 8.81. The molecular weight excluding hydrogens is 200 g/mol. The monoisotopic (exact) mass is 212 g/mol. The van der Waals surface area contributed by atoms with Crippen molar-refractivity contribution in [3.63, 3.8) is 0 Å². The first-order valence-corrected chi connectivity index (χ1v) is 5.31. The summed E-state index contributed by atoms with van der Waals surface area (Å²) in [5.41, 5.74) is 0.853. The Hall–Kier alpha value is -1.80. The average Bonchev–Trinajstić information content (AvgIpc) is 2.28. The van der Waals surface area contributed by atoms with E-state index in [1.165, 1.54) is 0 Å². The second-order valence-electron chi connectivity index (χ2n) is 4.07. The summed E-state index contributed by atoms with van der Waals surface area (Å²) in [5, 5.41) is 12.1. The van der Waals surface area contributed by atoms with E-state index in [-0.39, 0.29) is 0 Å². The van der Waals surface area contributed by atoms with Crippen LogP contribution in [0.2, 0.25) is 0 Å². The molecule has 0 amide bonds. The smallest absolute Gasteiger partial charge is 0.140 e. The van der Waals surface area contributed by atoms with Crippen molar-refractivity contribution < 1.29 is 9.84 Å². The summed E-state index contributed by atoms with van der Waals surface area (Å²) in [6, 6.07) is 11.9. The van der Waals surface area contributed by atoms with Gasteiger partial charge in [-0.15, -0.1) is 0 Å². The molecule has 1 N–H and O–H groups in total. The average molecular weight is 212 g/mol. The molecule has 0 saturated heterocycles. The molecule has 80 valence electrons. The molecule has 0 spiro atoms. The summed E-state index contributed by atoms with van der Waals surface area (Å²) in [5.74, 6) is 1.37. The van der Waals surface area contributed by atoms with Crippen molar-refractivity contribution in [2.75, 3.05) is 0 Å². The molecule has 1 aliphatic heterocycles.